The smallest absolute Gasteiger partial charge is 0.318 e. The molecule has 1 unspecified atom stereocenters. The van der Waals surface area contributed by atoms with Gasteiger partial charge in [-0.05, 0) is 19.1 Å². The van der Waals surface area contributed by atoms with Gasteiger partial charge in [-0.25, -0.2) is 4.79 Å². The van der Waals surface area contributed by atoms with E-state index in [1.807, 2.05) is 5.32 Å². The van der Waals surface area contributed by atoms with Gasteiger partial charge < -0.3 is 16.2 Å². The zero-order chi connectivity index (χ0) is 12.8. The van der Waals surface area contributed by atoms with Crippen LogP contribution >= 0.6 is 0 Å². The van der Waals surface area contributed by atoms with E-state index in [9.17, 15) is 9.59 Å². The Hall–Kier alpha value is -2.15. The van der Waals surface area contributed by atoms with Gasteiger partial charge in [0.1, 0.15) is 5.75 Å². The lowest BCUT2D eigenvalue weighted by molar-refractivity contribution is -0.126. The fraction of sp³-hybridized carbons (Fsp3) is 0.300. The normalized spacial score (nSPS) is 11.6. The number of rotatable bonds is 4. The molecule has 3 amide bonds. The van der Waals surface area contributed by atoms with E-state index in [0.717, 1.165) is 0 Å². The molecule has 0 spiro atoms. The highest BCUT2D eigenvalue weighted by molar-refractivity contribution is 5.95. The van der Waals surface area contributed by atoms with Gasteiger partial charge in [0, 0.05) is 6.54 Å². The SMILES string of the molecule is CC(Oc1ccc(CN)nc1)C(=O)NC(N)=O. The maximum atomic E-state index is 11.3. The molecule has 0 bridgehead atoms. The molecule has 5 N–H and O–H groups in total. The van der Waals surface area contributed by atoms with Crippen LogP contribution in [0.1, 0.15) is 12.6 Å². The molecule has 0 aliphatic rings. The van der Waals surface area contributed by atoms with Gasteiger partial charge in [-0.1, -0.05) is 0 Å². The number of carbonyl (C=O) groups is 2. The van der Waals surface area contributed by atoms with Crippen molar-refractivity contribution in [3.05, 3.63) is 24.0 Å². The average Bonchev–Trinajstić information content (AvgIpc) is 2.29. The van der Waals surface area contributed by atoms with E-state index < -0.39 is 18.0 Å². The number of imide groups is 1. The van der Waals surface area contributed by atoms with E-state index in [-0.39, 0.29) is 0 Å². The molecule has 0 saturated carbocycles. The Labute approximate surface area is 98.1 Å². The summed E-state index contributed by atoms with van der Waals surface area (Å²) in [6, 6.07) is 2.42. The van der Waals surface area contributed by atoms with Crippen LogP contribution in [0.25, 0.3) is 0 Å². The summed E-state index contributed by atoms with van der Waals surface area (Å²) in [6.45, 7) is 1.83. The van der Waals surface area contributed by atoms with Crippen molar-refractivity contribution in [2.45, 2.75) is 19.6 Å². The van der Waals surface area contributed by atoms with Crippen molar-refractivity contribution >= 4 is 11.9 Å². The Kier molecular flexibility index (Phi) is 4.41. The summed E-state index contributed by atoms with van der Waals surface area (Å²) >= 11 is 0. The summed E-state index contributed by atoms with van der Waals surface area (Å²) in [4.78, 5) is 25.8. The summed E-state index contributed by atoms with van der Waals surface area (Å²) < 4.78 is 5.25. The quantitative estimate of drug-likeness (QED) is 0.653. The van der Waals surface area contributed by atoms with Crippen LogP contribution in [-0.2, 0) is 11.3 Å². The second-order valence-corrected chi connectivity index (χ2v) is 3.30. The molecule has 0 aliphatic heterocycles. The number of hydrogen-bond donors (Lipinski definition) is 3. The van der Waals surface area contributed by atoms with Gasteiger partial charge in [-0.3, -0.25) is 15.1 Å². The number of pyridine rings is 1. The van der Waals surface area contributed by atoms with Gasteiger partial charge in [0.25, 0.3) is 5.91 Å². The molecule has 17 heavy (non-hydrogen) atoms. The van der Waals surface area contributed by atoms with Crippen LogP contribution in [0, 0.1) is 0 Å². The Bertz CT molecular complexity index is 405. The summed E-state index contributed by atoms with van der Waals surface area (Å²) in [7, 11) is 0. The van der Waals surface area contributed by atoms with Gasteiger partial charge in [0.2, 0.25) is 0 Å². The summed E-state index contributed by atoms with van der Waals surface area (Å²) in [6.07, 6.45) is 0.615. The van der Waals surface area contributed by atoms with Crippen molar-refractivity contribution in [3.8, 4) is 5.75 Å². The first kappa shape index (κ1) is 12.9. The fourth-order valence-electron chi connectivity index (χ4n) is 1.08. The lowest BCUT2D eigenvalue weighted by Crippen LogP contribution is -2.42. The molecular formula is C10H14N4O3. The molecule has 0 aliphatic carbocycles. The number of amides is 3. The Balaban J connectivity index is 2.57. The highest BCUT2D eigenvalue weighted by Crippen LogP contribution is 2.11. The highest BCUT2D eigenvalue weighted by atomic mass is 16.5. The summed E-state index contributed by atoms with van der Waals surface area (Å²) in [5, 5.41) is 1.92. The molecule has 0 aromatic carbocycles. The molecule has 7 heteroatoms. The Morgan fingerprint density at radius 1 is 1.53 bits per heavy atom. The molecule has 1 aromatic heterocycles. The number of ether oxygens (including phenoxy) is 1. The molecule has 1 rings (SSSR count). The van der Waals surface area contributed by atoms with Gasteiger partial charge in [-0.15, -0.1) is 0 Å². The average molecular weight is 238 g/mol. The molecular weight excluding hydrogens is 224 g/mol. The van der Waals surface area contributed by atoms with Gasteiger partial charge in [0.05, 0.1) is 11.9 Å². The molecule has 0 radical (unpaired) electrons. The first-order valence-corrected chi connectivity index (χ1v) is 4.95. The number of hydrogen-bond acceptors (Lipinski definition) is 5. The second-order valence-electron chi connectivity index (χ2n) is 3.30. The van der Waals surface area contributed by atoms with E-state index in [1.165, 1.54) is 13.1 Å². The zero-order valence-electron chi connectivity index (χ0n) is 9.34. The molecule has 0 fully saturated rings. The largest absolute Gasteiger partial charge is 0.479 e. The monoisotopic (exact) mass is 238 g/mol. The number of aromatic nitrogens is 1. The number of nitrogens with two attached hydrogens (primary N) is 2. The van der Waals surface area contributed by atoms with Gasteiger partial charge >= 0.3 is 6.03 Å². The van der Waals surface area contributed by atoms with Crippen LogP contribution in [0.2, 0.25) is 0 Å². The minimum absolute atomic E-state index is 0.331. The van der Waals surface area contributed by atoms with E-state index in [2.05, 4.69) is 4.98 Å². The molecule has 0 saturated heterocycles. The van der Waals surface area contributed by atoms with Gasteiger partial charge in [0.15, 0.2) is 6.10 Å². The lowest BCUT2D eigenvalue weighted by Gasteiger charge is -2.13. The Morgan fingerprint density at radius 3 is 2.71 bits per heavy atom. The summed E-state index contributed by atoms with van der Waals surface area (Å²) in [5.74, 6) is -0.199. The maximum absolute atomic E-state index is 11.3. The standard InChI is InChI=1S/C10H14N4O3/c1-6(9(15)14-10(12)16)17-8-3-2-7(4-11)13-5-8/h2-3,5-6H,4,11H2,1H3,(H3,12,14,15,16). The van der Waals surface area contributed by atoms with Crippen LogP contribution in [0.3, 0.4) is 0 Å². The minimum atomic E-state index is -0.915. The van der Waals surface area contributed by atoms with Crippen molar-refractivity contribution in [2.24, 2.45) is 11.5 Å². The van der Waals surface area contributed by atoms with Crippen LogP contribution in [0.15, 0.2) is 18.3 Å². The lowest BCUT2D eigenvalue weighted by atomic mass is 10.3. The van der Waals surface area contributed by atoms with E-state index in [4.69, 9.17) is 16.2 Å². The predicted octanol–water partition coefficient (Wildman–Crippen LogP) is -0.497. The topological polar surface area (TPSA) is 120 Å². The van der Waals surface area contributed by atoms with Crippen molar-refractivity contribution in [1.82, 2.24) is 10.3 Å². The third-order valence-corrected chi connectivity index (χ3v) is 1.94. The molecule has 7 nitrogen and oxygen atoms in total. The van der Waals surface area contributed by atoms with Crippen molar-refractivity contribution in [1.29, 1.82) is 0 Å². The maximum Gasteiger partial charge on any atom is 0.318 e. The zero-order valence-corrected chi connectivity index (χ0v) is 9.34. The highest BCUT2D eigenvalue weighted by Gasteiger charge is 2.16. The van der Waals surface area contributed by atoms with Crippen LogP contribution in [0.4, 0.5) is 4.79 Å². The van der Waals surface area contributed by atoms with E-state index in [0.29, 0.717) is 18.0 Å². The fourth-order valence-corrected chi connectivity index (χ4v) is 1.08. The molecule has 1 atom stereocenters. The number of carbonyl (C=O) groups excluding carboxylic acids is 2. The second kappa shape index (κ2) is 5.80. The Morgan fingerprint density at radius 2 is 2.24 bits per heavy atom. The van der Waals surface area contributed by atoms with Crippen molar-refractivity contribution in [2.75, 3.05) is 0 Å². The summed E-state index contributed by atoms with van der Waals surface area (Å²) in [5.41, 5.74) is 10.9. The van der Waals surface area contributed by atoms with Crippen molar-refractivity contribution in [3.63, 3.8) is 0 Å². The minimum Gasteiger partial charge on any atom is -0.479 e. The number of primary amides is 1. The van der Waals surface area contributed by atoms with Crippen molar-refractivity contribution < 1.29 is 14.3 Å². The van der Waals surface area contributed by atoms with Gasteiger partial charge in [-0.2, -0.15) is 0 Å². The molecule has 1 aromatic rings. The first-order valence-electron chi connectivity index (χ1n) is 4.95. The molecule has 92 valence electrons. The predicted molar refractivity (Wildman–Crippen MR) is 59.9 cm³/mol. The van der Waals surface area contributed by atoms with Crippen LogP contribution in [-0.4, -0.2) is 23.0 Å². The molecule has 1 heterocycles. The number of nitrogens with one attached hydrogen (secondary N) is 1. The van der Waals surface area contributed by atoms with Crippen LogP contribution < -0.4 is 21.5 Å². The van der Waals surface area contributed by atoms with Crippen LogP contribution in [0.5, 0.6) is 5.75 Å². The third kappa shape index (κ3) is 4.07. The number of urea groups is 1. The van der Waals surface area contributed by atoms with E-state index in [1.54, 1.807) is 12.1 Å². The third-order valence-electron chi connectivity index (χ3n) is 1.94. The van der Waals surface area contributed by atoms with E-state index >= 15 is 0 Å². The number of nitrogens with zero attached hydrogens (tertiary/aromatic N) is 1. The first-order chi connectivity index (χ1) is 8.02.